The molecule has 2 amide bonds. The maximum Gasteiger partial charge on any atom is 0.227 e. The largest absolute Gasteiger partial charge is 0.343 e. The number of nitrogens with one attached hydrogen (secondary N) is 1. The summed E-state index contributed by atoms with van der Waals surface area (Å²) < 4.78 is 0.988. The van der Waals surface area contributed by atoms with Crippen molar-refractivity contribution in [1.82, 2.24) is 4.90 Å². The molecule has 1 aliphatic heterocycles. The molecule has 5 heteroatoms. The summed E-state index contributed by atoms with van der Waals surface area (Å²) in [5.74, 6) is 0.126. The molecule has 1 heterocycles. The van der Waals surface area contributed by atoms with Crippen molar-refractivity contribution in [2.24, 2.45) is 5.92 Å². The molecule has 1 N–H and O–H groups in total. The van der Waals surface area contributed by atoms with Gasteiger partial charge in [-0.1, -0.05) is 22.0 Å². The second kappa shape index (κ2) is 6.39. The van der Waals surface area contributed by atoms with E-state index < -0.39 is 0 Å². The number of amides is 2. The van der Waals surface area contributed by atoms with E-state index in [1.165, 1.54) is 0 Å². The van der Waals surface area contributed by atoms with E-state index in [-0.39, 0.29) is 17.7 Å². The van der Waals surface area contributed by atoms with Crippen LogP contribution in [-0.4, -0.2) is 29.8 Å². The monoisotopic (exact) mass is 338 g/mol. The molecule has 108 valence electrons. The first kappa shape index (κ1) is 15.0. The zero-order valence-corrected chi connectivity index (χ0v) is 13.4. The normalized spacial score (nSPS) is 16.1. The highest BCUT2D eigenvalue weighted by atomic mass is 79.9. The molecule has 1 aromatic rings. The van der Waals surface area contributed by atoms with E-state index in [9.17, 15) is 9.59 Å². The molecule has 20 heavy (non-hydrogen) atoms. The molecule has 1 aromatic carbocycles. The average molecular weight is 339 g/mol. The van der Waals surface area contributed by atoms with Gasteiger partial charge in [0.25, 0.3) is 0 Å². The fourth-order valence-electron chi connectivity index (χ4n) is 2.37. The van der Waals surface area contributed by atoms with Gasteiger partial charge in [-0.15, -0.1) is 0 Å². The molecule has 2 rings (SSSR count). The summed E-state index contributed by atoms with van der Waals surface area (Å²) >= 11 is 3.46. The predicted molar refractivity (Wildman–Crippen MR) is 82.5 cm³/mol. The number of anilines is 1. The third-order valence-corrected chi connectivity index (χ3v) is 4.60. The molecular formula is C15H19BrN2O2. The van der Waals surface area contributed by atoms with Gasteiger partial charge in [-0.25, -0.2) is 0 Å². The van der Waals surface area contributed by atoms with Gasteiger partial charge in [-0.05, 0) is 37.5 Å². The van der Waals surface area contributed by atoms with Crippen molar-refractivity contribution in [3.63, 3.8) is 0 Å². The van der Waals surface area contributed by atoms with Crippen molar-refractivity contribution in [1.29, 1.82) is 0 Å². The Morgan fingerprint density at radius 3 is 2.50 bits per heavy atom. The van der Waals surface area contributed by atoms with E-state index in [2.05, 4.69) is 21.2 Å². The highest BCUT2D eigenvalue weighted by molar-refractivity contribution is 9.10. The van der Waals surface area contributed by atoms with Gasteiger partial charge >= 0.3 is 0 Å². The molecule has 0 saturated carbocycles. The van der Waals surface area contributed by atoms with Crippen molar-refractivity contribution in [2.75, 3.05) is 18.4 Å². The van der Waals surface area contributed by atoms with E-state index in [0.29, 0.717) is 13.1 Å². The van der Waals surface area contributed by atoms with Crippen molar-refractivity contribution < 1.29 is 9.59 Å². The van der Waals surface area contributed by atoms with Crippen LogP contribution in [-0.2, 0) is 9.59 Å². The molecule has 0 bridgehead atoms. The first-order chi connectivity index (χ1) is 9.47. The Bertz CT molecular complexity index is 523. The molecule has 0 radical (unpaired) electrons. The lowest BCUT2D eigenvalue weighted by atomic mass is 9.96. The van der Waals surface area contributed by atoms with E-state index >= 15 is 0 Å². The molecule has 0 atom stereocenters. The lowest BCUT2D eigenvalue weighted by molar-refractivity contribution is -0.132. The summed E-state index contributed by atoms with van der Waals surface area (Å²) in [6.07, 6.45) is 1.47. The molecule has 4 nitrogen and oxygen atoms in total. The minimum Gasteiger partial charge on any atom is -0.343 e. The summed E-state index contributed by atoms with van der Waals surface area (Å²) in [6, 6.07) is 5.79. The fourth-order valence-corrected chi connectivity index (χ4v) is 2.75. The third kappa shape index (κ3) is 3.60. The molecule has 1 aliphatic rings. The van der Waals surface area contributed by atoms with Crippen LogP contribution in [0.15, 0.2) is 22.7 Å². The quantitative estimate of drug-likeness (QED) is 0.901. The Balaban J connectivity index is 1.92. The van der Waals surface area contributed by atoms with Crippen LogP contribution in [0.3, 0.4) is 0 Å². The lowest BCUT2D eigenvalue weighted by Crippen LogP contribution is -2.40. The topological polar surface area (TPSA) is 49.4 Å². The van der Waals surface area contributed by atoms with Crippen LogP contribution >= 0.6 is 15.9 Å². The Labute approximate surface area is 127 Å². The number of benzene rings is 1. The Hall–Kier alpha value is -1.36. The van der Waals surface area contributed by atoms with Crippen LogP contribution in [0.2, 0.25) is 0 Å². The van der Waals surface area contributed by atoms with E-state index in [0.717, 1.165) is 28.6 Å². The third-order valence-electron chi connectivity index (χ3n) is 3.75. The van der Waals surface area contributed by atoms with Gasteiger partial charge in [-0.2, -0.15) is 0 Å². The molecule has 1 saturated heterocycles. The fraction of sp³-hybridized carbons (Fsp3) is 0.467. The average Bonchev–Trinajstić information content (AvgIpc) is 2.43. The summed E-state index contributed by atoms with van der Waals surface area (Å²) in [4.78, 5) is 25.3. The van der Waals surface area contributed by atoms with Crippen LogP contribution < -0.4 is 5.32 Å². The van der Waals surface area contributed by atoms with Crippen molar-refractivity contribution in [3.05, 3.63) is 28.2 Å². The summed E-state index contributed by atoms with van der Waals surface area (Å²) in [5.41, 5.74) is 1.94. The smallest absolute Gasteiger partial charge is 0.227 e. The second-order valence-electron chi connectivity index (χ2n) is 5.23. The first-order valence-corrected chi connectivity index (χ1v) is 7.59. The number of carbonyl (C=O) groups excluding carboxylic acids is 2. The van der Waals surface area contributed by atoms with Crippen LogP contribution in [0.1, 0.15) is 25.3 Å². The van der Waals surface area contributed by atoms with E-state index in [1.54, 1.807) is 11.8 Å². The number of halogens is 1. The number of nitrogens with zero attached hydrogens (tertiary/aromatic N) is 1. The summed E-state index contributed by atoms with van der Waals surface area (Å²) in [7, 11) is 0. The molecule has 1 fully saturated rings. The lowest BCUT2D eigenvalue weighted by Gasteiger charge is -2.30. The molecule has 0 spiro atoms. The maximum absolute atomic E-state index is 12.2. The Morgan fingerprint density at radius 2 is 1.95 bits per heavy atom. The maximum atomic E-state index is 12.2. The Kier molecular flexibility index (Phi) is 4.81. The molecule has 0 aliphatic carbocycles. The van der Waals surface area contributed by atoms with Gasteiger partial charge in [0.05, 0.1) is 0 Å². The number of aryl methyl sites for hydroxylation is 1. The van der Waals surface area contributed by atoms with Crippen LogP contribution in [0.5, 0.6) is 0 Å². The van der Waals surface area contributed by atoms with Gasteiger partial charge in [-0.3, -0.25) is 9.59 Å². The van der Waals surface area contributed by atoms with Gasteiger partial charge in [0, 0.05) is 36.1 Å². The van der Waals surface area contributed by atoms with Gasteiger partial charge < -0.3 is 10.2 Å². The zero-order chi connectivity index (χ0) is 14.7. The van der Waals surface area contributed by atoms with Gasteiger partial charge in [0.1, 0.15) is 0 Å². The minimum atomic E-state index is -0.00863. The summed E-state index contributed by atoms with van der Waals surface area (Å²) in [5, 5.41) is 2.95. The second-order valence-corrected chi connectivity index (χ2v) is 6.09. The highest BCUT2D eigenvalue weighted by Crippen LogP contribution is 2.23. The van der Waals surface area contributed by atoms with Gasteiger partial charge in [0.2, 0.25) is 11.8 Å². The van der Waals surface area contributed by atoms with Crippen molar-refractivity contribution in [3.8, 4) is 0 Å². The number of rotatable bonds is 2. The number of carbonyl (C=O) groups is 2. The van der Waals surface area contributed by atoms with E-state index in [1.807, 2.05) is 25.1 Å². The van der Waals surface area contributed by atoms with Crippen LogP contribution in [0, 0.1) is 12.8 Å². The number of piperidine rings is 1. The molecule has 0 unspecified atom stereocenters. The standard InChI is InChI=1S/C15H19BrN2O2/c1-10-3-4-13(9-14(10)16)17-15(20)12-5-7-18(8-6-12)11(2)19/h3-4,9,12H,5-8H2,1-2H3,(H,17,20). The van der Waals surface area contributed by atoms with Crippen molar-refractivity contribution >= 4 is 33.4 Å². The SMILES string of the molecule is CC(=O)N1CCC(C(=O)Nc2ccc(C)c(Br)c2)CC1. The number of likely N-dealkylation sites (tertiary alicyclic amines) is 1. The first-order valence-electron chi connectivity index (χ1n) is 6.80. The minimum absolute atomic E-state index is 0.00863. The number of hydrogen-bond acceptors (Lipinski definition) is 2. The van der Waals surface area contributed by atoms with Crippen LogP contribution in [0.4, 0.5) is 5.69 Å². The predicted octanol–water partition coefficient (Wildman–Crippen LogP) is 2.95. The van der Waals surface area contributed by atoms with E-state index in [4.69, 9.17) is 0 Å². The zero-order valence-electron chi connectivity index (χ0n) is 11.8. The summed E-state index contributed by atoms with van der Waals surface area (Å²) in [6.45, 7) is 4.92. The number of hydrogen-bond donors (Lipinski definition) is 1. The van der Waals surface area contributed by atoms with Crippen LogP contribution in [0.25, 0.3) is 0 Å². The highest BCUT2D eigenvalue weighted by Gasteiger charge is 2.25. The molecular weight excluding hydrogens is 320 g/mol. The molecule has 0 aromatic heterocycles. The Morgan fingerprint density at radius 1 is 1.30 bits per heavy atom. The van der Waals surface area contributed by atoms with Gasteiger partial charge in [0.15, 0.2) is 0 Å². The van der Waals surface area contributed by atoms with Crippen molar-refractivity contribution in [2.45, 2.75) is 26.7 Å².